The minimum absolute atomic E-state index is 0.0663. The first-order valence-corrected chi connectivity index (χ1v) is 6.58. The van der Waals surface area contributed by atoms with E-state index < -0.39 is 0 Å². The van der Waals surface area contributed by atoms with E-state index in [-0.39, 0.29) is 18.8 Å². The Bertz CT molecular complexity index is 384. The number of hydrogen-bond donors (Lipinski definition) is 2. The van der Waals surface area contributed by atoms with E-state index in [0.717, 1.165) is 19.5 Å². The van der Waals surface area contributed by atoms with Crippen molar-refractivity contribution in [3.63, 3.8) is 0 Å². The van der Waals surface area contributed by atoms with Gasteiger partial charge in [-0.05, 0) is 18.1 Å². The van der Waals surface area contributed by atoms with Gasteiger partial charge in [-0.15, -0.1) is 0 Å². The molecule has 2 atom stereocenters. The number of aliphatic hydroxyl groups is 1. The van der Waals surface area contributed by atoms with Crippen LogP contribution >= 0.6 is 0 Å². The Morgan fingerprint density at radius 2 is 2.28 bits per heavy atom. The highest BCUT2D eigenvalue weighted by molar-refractivity contribution is 5.55. The zero-order chi connectivity index (χ0) is 13.0. The van der Waals surface area contributed by atoms with Gasteiger partial charge >= 0.3 is 0 Å². The van der Waals surface area contributed by atoms with Gasteiger partial charge in [-0.25, -0.2) is 0 Å². The molecule has 3 N–H and O–H groups in total. The first-order chi connectivity index (χ1) is 8.76. The lowest BCUT2D eigenvalue weighted by molar-refractivity contribution is 0.00351. The van der Waals surface area contributed by atoms with Crippen LogP contribution in [0.15, 0.2) is 24.3 Å². The molecule has 0 saturated carbocycles. The summed E-state index contributed by atoms with van der Waals surface area (Å²) in [4.78, 5) is 2.26. The summed E-state index contributed by atoms with van der Waals surface area (Å²) in [7, 11) is 0. The summed E-state index contributed by atoms with van der Waals surface area (Å²) in [5, 5.41) is 9.20. The lowest BCUT2D eigenvalue weighted by Gasteiger charge is -2.35. The van der Waals surface area contributed by atoms with Crippen LogP contribution in [0.5, 0.6) is 0 Å². The molecule has 0 spiro atoms. The second-order valence-corrected chi connectivity index (χ2v) is 4.69. The third-order valence-electron chi connectivity index (χ3n) is 3.46. The molecule has 1 aromatic carbocycles. The molecule has 1 unspecified atom stereocenters. The van der Waals surface area contributed by atoms with Crippen molar-refractivity contribution in [3.05, 3.63) is 29.8 Å². The predicted octanol–water partition coefficient (Wildman–Crippen LogP) is 1.29. The Morgan fingerprint density at radius 3 is 3.00 bits per heavy atom. The standard InChI is InChI=1S/C14H22N2O2/c1-2-13(15)12-5-3-4-6-14(12)16-7-8-18-11(9-16)10-17/h3-6,11,13,17H,2,7-10,15H2,1H3/t11?,13-/m0/s1. The van der Waals surface area contributed by atoms with Gasteiger partial charge in [0.05, 0.1) is 19.3 Å². The number of para-hydroxylation sites is 1. The third kappa shape index (κ3) is 2.83. The van der Waals surface area contributed by atoms with Crippen LogP contribution in [0.3, 0.4) is 0 Å². The first-order valence-electron chi connectivity index (χ1n) is 6.58. The number of ether oxygens (including phenoxy) is 1. The van der Waals surface area contributed by atoms with E-state index in [1.165, 1.54) is 11.3 Å². The third-order valence-corrected chi connectivity index (χ3v) is 3.46. The van der Waals surface area contributed by atoms with Gasteiger partial charge < -0.3 is 20.5 Å². The van der Waals surface area contributed by atoms with Gasteiger partial charge in [-0.2, -0.15) is 0 Å². The maximum absolute atomic E-state index is 9.20. The number of hydrogen-bond acceptors (Lipinski definition) is 4. The molecule has 2 rings (SSSR count). The van der Waals surface area contributed by atoms with Crippen molar-refractivity contribution in [1.82, 2.24) is 0 Å². The van der Waals surface area contributed by atoms with Crippen molar-refractivity contribution in [2.45, 2.75) is 25.5 Å². The van der Waals surface area contributed by atoms with E-state index in [1.54, 1.807) is 0 Å². The summed E-state index contributed by atoms with van der Waals surface area (Å²) >= 11 is 0. The number of anilines is 1. The molecule has 0 aromatic heterocycles. The number of morpholine rings is 1. The Kier molecular flexibility index (Phi) is 4.58. The second-order valence-electron chi connectivity index (χ2n) is 4.69. The van der Waals surface area contributed by atoms with Crippen LogP contribution in [0.4, 0.5) is 5.69 Å². The molecule has 1 saturated heterocycles. The fourth-order valence-electron chi connectivity index (χ4n) is 2.36. The van der Waals surface area contributed by atoms with E-state index in [9.17, 15) is 5.11 Å². The number of rotatable bonds is 4. The largest absolute Gasteiger partial charge is 0.394 e. The highest BCUT2D eigenvalue weighted by atomic mass is 16.5. The van der Waals surface area contributed by atoms with Crippen LogP contribution in [-0.2, 0) is 4.74 Å². The monoisotopic (exact) mass is 250 g/mol. The number of nitrogens with zero attached hydrogens (tertiary/aromatic N) is 1. The molecule has 1 heterocycles. The highest BCUT2D eigenvalue weighted by Gasteiger charge is 2.22. The molecule has 0 radical (unpaired) electrons. The number of benzene rings is 1. The summed E-state index contributed by atoms with van der Waals surface area (Å²) in [6.45, 7) is 4.39. The smallest absolute Gasteiger partial charge is 0.0980 e. The molecule has 1 aromatic rings. The van der Waals surface area contributed by atoms with E-state index in [4.69, 9.17) is 10.5 Å². The van der Waals surface area contributed by atoms with Crippen molar-refractivity contribution in [2.24, 2.45) is 5.73 Å². The topological polar surface area (TPSA) is 58.7 Å². The molecule has 1 aliphatic heterocycles. The minimum Gasteiger partial charge on any atom is -0.394 e. The highest BCUT2D eigenvalue weighted by Crippen LogP contribution is 2.28. The normalized spacial score (nSPS) is 21.9. The fraction of sp³-hybridized carbons (Fsp3) is 0.571. The fourth-order valence-corrected chi connectivity index (χ4v) is 2.36. The second kappa shape index (κ2) is 6.18. The quantitative estimate of drug-likeness (QED) is 0.845. The molecule has 1 aliphatic rings. The Balaban J connectivity index is 2.21. The average Bonchev–Trinajstić information content (AvgIpc) is 2.46. The summed E-state index contributed by atoms with van der Waals surface area (Å²) in [5.41, 5.74) is 8.52. The van der Waals surface area contributed by atoms with E-state index >= 15 is 0 Å². The molecular formula is C14H22N2O2. The Hall–Kier alpha value is -1.10. The van der Waals surface area contributed by atoms with Crippen molar-refractivity contribution < 1.29 is 9.84 Å². The zero-order valence-corrected chi connectivity index (χ0v) is 10.9. The lowest BCUT2D eigenvalue weighted by atomic mass is 10.0. The minimum atomic E-state index is -0.0929. The molecule has 18 heavy (non-hydrogen) atoms. The average molecular weight is 250 g/mol. The summed E-state index contributed by atoms with van der Waals surface area (Å²) in [5.74, 6) is 0. The maximum atomic E-state index is 9.20. The van der Waals surface area contributed by atoms with Gasteiger partial charge in [0.2, 0.25) is 0 Å². The van der Waals surface area contributed by atoms with Gasteiger partial charge in [0.25, 0.3) is 0 Å². The van der Waals surface area contributed by atoms with Crippen LogP contribution in [0.1, 0.15) is 24.9 Å². The zero-order valence-electron chi connectivity index (χ0n) is 10.9. The van der Waals surface area contributed by atoms with Crippen LogP contribution in [0, 0.1) is 0 Å². The molecule has 0 bridgehead atoms. The molecule has 4 nitrogen and oxygen atoms in total. The van der Waals surface area contributed by atoms with Crippen LogP contribution < -0.4 is 10.6 Å². The molecule has 4 heteroatoms. The Labute approximate surface area is 108 Å². The first kappa shape index (κ1) is 13.3. The molecule has 0 aliphatic carbocycles. The van der Waals surface area contributed by atoms with Gasteiger partial charge in [-0.1, -0.05) is 25.1 Å². The van der Waals surface area contributed by atoms with E-state index in [2.05, 4.69) is 24.0 Å². The van der Waals surface area contributed by atoms with Crippen molar-refractivity contribution in [1.29, 1.82) is 0 Å². The lowest BCUT2D eigenvalue weighted by Crippen LogP contribution is -2.44. The van der Waals surface area contributed by atoms with Crippen LogP contribution in [-0.4, -0.2) is 37.5 Å². The molecule has 0 amide bonds. The van der Waals surface area contributed by atoms with Crippen LogP contribution in [0.2, 0.25) is 0 Å². The SMILES string of the molecule is CC[C@H](N)c1ccccc1N1CCOC(CO)C1. The summed E-state index contributed by atoms with van der Waals surface area (Å²) in [6, 6.07) is 8.32. The summed E-state index contributed by atoms with van der Waals surface area (Å²) in [6.07, 6.45) is 0.829. The predicted molar refractivity (Wildman–Crippen MR) is 72.7 cm³/mol. The van der Waals surface area contributed by atoms with Crippen LogP contribution in [0.25, 0.3) is 0 Å². The van der Waals surface area contributed by atoms with Crippen molar-refractivity contribution in [3.8, 4) is 0 Å². The van der Waals surface area contributed by atoms with Gasteiger partial charge in [-0.3, -0.25) is 0 Å². The Morgan fingerprint density at radius 1 is 1.50 bits per heavy atom. The number of nitrogens with two attached hydrogens (primary N) is 1. The summed E-state index contributed by atoms with van der Waals surface area (Å²) < 4.78 is 5.48. The van der Waals surface area contributed by atoms with Crippen molar-refractivity contribution >= 4 is 5.69 Å². The number of aliphatic hydroxyl groups excluding tert-OH is 1. The van der Waals surface area contributed by atoms with E-state index in [1.807, 2.05) is 12.1 Å². The molecule has 100 valence electrons. The van der Waals surface area contributed by atoms with Gasteiger partial charge in [0.15, 0.2) is 0 Å². The van der Waals surface area contributed by atoms with Crippen molar-refractivity contribution in [2.75, 3.05) is 31.2 Å². The molecular weight excluding hydrogens is 228 g/mol. The molecule has 1 fully saturated rings. The van der Waals surface area contributed by atoms with E-state index in [0.29, 0.717) is 6.61 Å². The maximum Gasteiger partial charge on any atom is 0.0980 e. The van der Waals surface area contributed by atoms with Gasteiger partial charge in [0.1, 0.15) is 0 Å². The van der Waals surface area contributed by atoms with Gasteiger partial charge in [0, 0.05) is 24.8 Å².